The van der Waals surface area contributed by atoms with Crippen molar-refractivity contribution in [3.05, 3.63) is 77.4 Å². The van der Waals surface area contributed by atoms with Gasteiger partial charge in [-0.3, -0.25) is 19.2 Å². The zero-order valence-electron chi connectivity index (χ0n) is 46.9. The minimum atomic E-state index is -2.49. The van der Waals surface area contributed by atoms with Crippen molar-refractivity contribution in [3.63, 3.8) is 0 Å². The number of piperidine rings is 1. The zero-order chi connectivity index (χ0) is 55.7. The Morgan fingerprint density at radius 3 is 2.26 bits per heavy atom. The summed E-state index contributed by atoms with van der Waals surface area (Å²) in [5.74, 6) is -7.57. The van der Waals surface area contributed by atoms with E-state index in [0.717, 1.165) is 11.1 Å². The molecule has 3 heterocycles. The molecule has 16 heteroatoms. The van der Waals surface area contributed by atoms with E-state index in [2.05, 4.69) is 0 Å². The van der Waals surface area contributed by atoms with Gasteiger partial charge in [-0.2, -0.15) is 0 Å². The second-order valence-corrected chi connectivity index (χ2v) is 22.2. The summed E-state index contributed by atoms with van der Waals surface area (Å²) in [7, 11) is 4.56. The normalized spacial score (nSPS) is 36.2. The summed E-state index contributed by atoms with van der Waals surface area (Å²) in [6.07, 6.45) is 10.6. The molecule has 4 aliphatic rings. The Labute approximate surface area is 451 Å². The van der Waals surface area contributed by atoms with Crippen molar-refractivity contribution in [2.24, 2.45) is 35.5 Å². The van der Waals surface area contributed by atoms with E-state index in [1.54, 1.807) is 41.1 Å². The third-order valence-corrected chi connectivity index (χ3v) is 16.1. The number of benzene rings is 1. The number of rotatable bonds is 12. The number of ether oxygens (including phenoxy) is 7. The van der Waals surface area contributed by atoms with Crippen molar-refractivity contribution in [1.82, 2.24) is 4.90 Å². The molecule has 15 atom stereocenters. The minimum Gasteiger partial charge on any atom is -0.491 e. The molecular weight excluding hydrogens is 975 g/mol. The molecule has 1 aliphatic carbocycles. The van der Waals surface area contributed by atoms with Gasteiger partial charge in [-0.05, 0) is 125 Å². The second-order valence-electron chi connectivity index (χ2n) is 22.2. The monoisotopic (exact) mass is 1060 g/mol. The predicted octanol–water partition coefficient (Wildman–Crippen LogP) is 7.78. The minimum absolute atomic E-state index is 0.0167. The molecule has 424 valence electrons. The number of fused-ring (bicyclic) bond motifs is 3. The van der Waals surface area contributed by atoms with Crippen LogP contribution in [0.1, 0.15) is 131 Å². The average molecular weight is 1060 g/mol. The third-order valence-electron chi connectivity index (χ3n) is 16.1. The molecule has 1 amide bonds. The first-order chi connectivity index (χ1) is 36.2. The van der Waals surface area contributed by atoms with E-state index >= 15 is 0 Å². The first-order valence-electron chi connectivity index (χ1n) is 27.7. The lowest BCUT2D eigenvalue weighted by molar-refractivity contribution is -0.266. The van der Waals surface area contributed by atoms with Gasteiger partial charge in [0.25, 0.3) is 11.7 Å². The van der Waals surface area contributed by atoms with Crippen LogP contribution in [0.5, 0.6) is 5.75 Å². The van der Waals surface area contributed by atoms with Gasteiger partial charge < -0.3 is 53.4 Å². The number of amides is 1. The Morgan fingerprint density at radius 1 is 0.829 bits per heavy atom. The van der Waals surface area contributed by atoms with E-state index in [1.165, 1.54) is 12.0 Å². The number of carbonyl (C=O) groups is 5. The molecule has 1 saturated carbocycles. The van der Waals surface area contributed by atoms with Crippen LogP contribution in [0.25, 0.3) is 0 Å². The molecule has 76 heavy (non-hydrogen) atoms. The largest absolute Gasteiger partial charge is 0.491 e. The summed E-state index contributed by atoms with van der Waals surface area (Å²) in [5, 5.41) is 34.3. The van der Waals surface area contributed by atoms with Crippen LogP contribution in [0.15, 0.2) is 71.9 Å². The van der Waals surface area contributed by atoms with Crippen molar-refractivity contribution in [2.45, 2.75) is 187 Å². The summed E-state index contributed by atoms with van der Waals surface area (Å²) in [6.45, 7) is 13.8. The van der Waals surface area contributed by atoms with Gasteiger partial charge in [0.1, 0.15) is 42.5 Å². The second kappa shape index (κ2) is 30.1. The summed E-state index contributed by atoms with van der Waals surface area (Å²) < 4.78 is 41.3. The highest BCUT2D eigenvalue weighted by Gasteiger charge is 2.53. The van der Waals surface area contributed by atoms with Crippen molar-refractivity contribution in [2.75, 3.05) is 41.1 Å². The molecule has 1 unspecified atom stereocenters. The molecule has 1 aromatic carbocycles. The van der Waals surface area contributed by atoms with Gasteiger partial charge >= 0.3 is 5.97 Å². The van der Waals surface area contributed by atoms with E-state index in [-0.39, 0.29) is 67.8 Å². The van der Waals surface area contributed by atoms with E-state index in [9.17, 15) is 39.3 Å². The highest BCUT2D eigenvalue weighted by Crippen LogP contribution is 2.38. The quantitative estimate of drug-likeness (QED) is 0.0789. The van der Waals surface area contributed by atoms with E-state index < -0.39 is 83.9 Å². The summed E-state index contributed by atoms with van der Waals surface area (Å²) >= 11 is 0. The Bertz CT molecular complexity index is 2190. The molecule has 0 aromatic heterocycles. The Morgan fingerprint density at radius 2 is 1.57 bits per heavy atom. The van der Waals surface area contributed by atoms with Crippen molar-refractivity contribution >= 4 is 29.2 Å². The van der Waals surface area contributed by atoms with Crippen LogP contribution in [-0.2, 0) is 59.0 Å². The number of nitrogens with zero attached hydrogens (tertiary/aromatic N) is 1. The number of hydrogen-bond donors (Lipinski definition) is 3. The first kappa shape index (κ1) is 62.5. The lowest BCUT2D eigenvalue weighted by atomic mass is 9.78. The fraction of sp³-hybridized carbons (Fsp3) is 0.683. The first-order valence-corrected chi connectivity index (χ1v) is 27.7. The van der Waals surface area contributed by atoms with Gasteiger partial charge in [0.05, 0.1) is 37.6 Å². The summed E-state index contributed by atoms with van der Waals surface area (Å²) in [4.78, 5) is 72.9. The molecule has 16 nitrogen and oxygen atoms in total. The fourth-order valence-corrected chi connectivity index (χ4v) is 11.2. The molecule has 3 aliphatic heterocycles. The lowest BCUT2D eigenvalue weighted by Gasteiger charge is -2.43. The van der Waals surface area contributed by atoms with Crippen LogP contribution in [0.2, 0.25) is 0 Å². The lowest BCUT2D eigenvalue weighted by Crippen LogP contribution is -2.61. The summed E-state index contributed by atoms with van der Waals surface area (Å²) in [6, 6.07) is 6.38. The van der Waals surface area contributed by atoms with Crippen LogP contribution in [0.3, 0.4) is 0 Å². The maximum Gasteiger partial charge on any atom is 0.329 e. The zero-order valence-corrected chi connectivity index (χ0v) is 46.9. The molecule has 5 rings (SSSR count). The van der Waals surface area contributed by atoms with E-state index in [1.807, 2.05) is 82.3 Å². The van der Waals surface area contributed by atoms with Crippen molar-refractivity contribution in [1.29, 1.82) is 0 Å². The number of ketones is 3. The van der Waals surface area contributed by atoms with Crippen LogP contribution in [0, 0.1) is 35.5 Å². The third kappa shape index (κ3) is 17.3. The number of methoxy groups -OCH3 is 3. The average Bonchev–Trinajstić information content (AvgIpc) is 3.40. The summed E-state index contributed by atoms with van der Waals surface area (Å²) in [5.41, 5.74) is 2.11. The molecule has 2 saturated heterocycles. The van der Waals surface area contributed by atoms with Gasteiger partial charge in [-0.1, -0.05) is 83.2 Å². The number of allylic oxidation sites excluding steroid dienone is 6. The molecule has 1 aromatic rings. The number of aliphatic hydroxyl groups is 3. The molecule has 0 spiro atoms. The van der Waals surface area contributed by atoms with Gasteiger partial charge in [0.15, 0.2) is 5.78 Å². The highest BCUT2D eigenvalue weighted by atomic mass is 16.6. The van der Waals surface area contributed by atoms with E-state index in [0.29, 0.717) is 82.3 Å². The predicted molar refractivity (Wildman–Crippen MR) is 287 cm³/mol. The van der Waals surface area contributed by atoms with Crippen LogP contribution >= 0.6 is 0 Å². The number of cyclic esters (lactones) is 1. The number of Topliss-reactive ketones (excluding diaryl/α,β-unsaturated/α-hetero) is 3. The number of hydrogen-bond acceptors (Lipinski definition) is 15. The Balaban J connectivity index is 1.48. The Kier molecular flexibility index (Phi) is 24.7. The maximum absolute atomic E-state index is 14.6. The van der Waals surface area contributed by atoms with Crippen LogP contribution in [0.4, 0.5) is 0 Å². The van der Waals surface area contributed by atoms with Crippen molar-refractivity contribution in [3.8, 4) is 5.75 Å². The number of esters is 1. The smallest absolute Gasteiger partial charge is 0.329 e. The topological polar surface area (TPSA) is 214 Å². The van der Waals surface area contributed by atoms with Crippen LogP contribution < -0.4 is 4.74 Å². The SMILES string of the molecule is COCCOc1ccc(COC2C[C@@H]3CC[C@@H](C)[C@@](O)(O3)C(=O)C(=O)N3CCCC[C@H]3C(=O)O[C@H]([C@H](C)C[C@@H]3CC[C@@H](O)[C@H](OC)C3)CC(=O)[C@H](C)/C=C(\C)[C@H](O)[C@@H](OC)C(=O)[C@H](C)C[C@H](C)/C=C/C=C/C=C/2C)cc1. The number of carbonyl (C=O) groups excluding carboxylic acids is 5. The Hall–Kier alpha value is -4.39. The van der Waals surface area contributed by atoms with Gasteiger partial charge in [-0.15, -0.1) is 0 Å². The van der Waals surface area contributed by atoms with Gasteiger partial charge in [-0.25, -0.2) is 4.79 Å². The fourth-order valence-electron chi connectivity index (χ4n) is 11.2. The van der Waals surface area contributed by atoms with Gasteiger partial charge in [0.2, 0.25) is 5.79 Å². The maximum atomic E-state index is 14.6. The standard InChI is InChI=1S/C60H89NO15/c1-37-16-12-11-13-17-38(2)51(74-36-44-20-24-46(25-21-44)73-29-28-70-8)34-47-23-19-43(7)60(69,76-47)57(66)58(67)61-27-15-14-18-48(61)59(68)75-52(40(4)32-45-22-26-49(62)53(33-45)71-9)35-50(63)39(3)31-42(6)55(65)56(72-10)54(64)41(5)30-37/h11-13,16-17,20-21,24-25,31,37,39-41,43,45,47-49,51-53,55-56,62,65,69H,14-15,18-19,22-23,26-30,32-36H2,1-10H3/b13-11+,16-12+,38-17+,42-31+/t37-,39-,40-,41-,43-,45+,47+,48+,49-,51?,52+,53-,55+,56+,60-/m1/s1. The molecule has 0 radical (unpaired) electrons. The highest BCUT2D eigenvalue weighted by molar-refractivity contribution is 6.39. The van der Waals surface area contributed by atoms with E-state index in [4.69, 9.17) is 33.2 Å². The molecule has 3 fully saturated rings. The van der Waals surface area contributed by atoms with Crippen molar-refractivity contribution < 1.29 is 72.5 Å². The molecular formula is C60H89NO15. The molecule has 2 bridgehead atoms. The molecule has 3 N–H and O–H groups in total. The van der Waals surface area contributed by atoms with Gasteiger partial charge in [0, 0.05) is 58.5 Å². The number of aliphatic hydroxyl groups excluding tert-OH is 2. The van der Waals surface area contributed by atoms with Crippen LogP contribution in [-0.4, -0.2) is 145 Å².